The number of hydrogen-bond donors (Lipinski definition) is 1. The maximum atomic E-state index is 12.7. The van der Waals surface area contributed by atoms with E-state index < -0.39 is 0 Å². The van der Waals surface area contributed by atoms with Gasteiger partial charge >= 0.3 is 0 Å². The summed E-state index contributed by atoms with van der Waals surface area (Å²) in [7, 11) is 1.69. The number of pyridine rings is 2. The fourth-order valence-electron chi connectivity index (χ4n) is 3.42. The second-order valence-electron chi connectivity index (χ2n) is 7.12. The summed E-state index contributed by atoms with van der Waals surface area (Å²) >= 11 is 12.5. The highest BCUT2D eigenvalue weighted by atomic mass is 35.5. The minimum atomic E-state index is -0.265. The Hall–Kier alpha value is -2.96. The van der Waals surface area contributed by atoms with E-state index >= 15 is 0 Å². The number of nitrogens with zero attached hydrogens (tertiary/aromatic N) is 3. The lowest BCUT2D eigenvalue weighted by Gasteiger charge is -2.20. The molecule has 4 rings (SSSR count). The molecule has 0 fully saturated rings. The fourth-order valence-corrected chi connectivity index (χ4v) is 3.91. The zero-order valence-electron chi connectivity index (χ0n) is 16.2. The zero-order chi connectivity index (χ0) is 21.3. The van der Waals surface area contributed by atoms with Gasteiger partial charge in [-0.1, -0.05) is 23.2 Å². The fraction of sp³-hybridized carbons (Fsp3) is 0.182. The van der Waals surface area contributed by atoms with Crippen molar-refractivity contribution in [3.63, 3.8) is 0 Å². The second kappa shape index (κ2) is 8.42. The number of carbonyl (C=O) groups excluding carboxylic acids is 2. The van der Waals surface area contributed by atoms with Crippen molar-refractivity contribution >= 4 is 40.7 Å². The molecule has 0 saturated carbocycles. The van der Waals surface area contributed by atoms with E-state index in [-0.39, 0.29) is 17.5 Å². The average molecular weight is 441 g/mol. The summed E-state index contributed by atoms with van der Waals surface area (Å²) in [5, 5.41) is 3.64. The molecule has 1 N–H and O–H groups in total. The van der Waals surface area contributed by atoms with Crippen molar-refractivity contribution in [2.45, 2.75) is 19.4 Å². The minimum absolute atomic E-state index is 0.0264. The predicted octanol–water partition coefficient (Wildman–Crippen LogP) is 4.61. The van der Waals surface area contributed by atoms with Gasteiger partial charge < -0.3 is 10.2 Å². The molecular formula is C22H18Cl2N4O2. The normalized spacial score (nSPS) is 12.8. The first-order chi connectivity index (χ1) is 14.4. The van der Waals surface area contributed by atoms with Crippen molar-refractivity contribution in [2.75, 3.05) is 12.4 Å². The Morgan fingerprint density at radius 3 is 2.77 bits per heavy atom. The van der Waals surface area contributed by atoms with E-state index in [4.69, 9.17) is 23.2 Å². The van der Waals surface area contributed by atoms with Gasteiger partial charge in [-0.3, -0.25) is 14.6 Å². The van der Waals surface area contributed by atoms with E-state index in [9.17, 15) is 9.59 Å². The molecule has 0 atom stereocenters. The van der Waals surface area contributed by atoms with Gasteiger partial charge in [0.25, 0.3) is 5.91 Å². The Bertz CT molecular complexity index is 1150. The predicted molar refractivity (Wildman–Crippen MR) is 117 cm³/mol. The molecule has 0 radical (unpaired) electrons. The molecule has 1 aliphatic rings. The van der Waals surface area contributed by atoms with Crippen molar-refractivity contribution in [1.29, 1.82) is 0 Å². The summed E-state index contributed by atoms with van der Waals surface area (Å²) in [4.78, 5) is 34.2. The van der Waals surface area contributed by atoms with Crippen LogP contribution in [0.25, 0.3) is 11.1 Å². The molecule has 2 amide bonds. The molecule has 152 valence electrons. The van der Waals surface area contributed by atoms with Crippen LogP contribution in [0.3, 0.4) is 0 Å². The topological polar surface area (TPSA) is 75.2 Å². The first kappa shape index (κ1) is 20.3. The maximum Gasteiger partial charge on any atom is 0.274 e. The molecule has 3 aromatic rings. The number of rotatable bonds is 4. The third-order valence-electron chi connectivity index (χ3n) is 4.91. The van der Waals surface area contributed by atoms with Gasteiger partial charge in [0.1, 0.15) is 5.69 Å². The van der Waals surface area contributed by atoms with Gasteiger partial charge in [-0.2, -0.15) is 0 Å². The zero-order valence-corrected chi connectivity index (χ0v) is 17.7. The number of aromatic nitrogens is 2. The third kappa shape index (κ3) is 4.15. The van der Waals surface area contributed by atoms with E-state index in [1.807, 2.05) is 18.2 Å². The molecule has 0 spiro atoms. The summed E-state index contributed by atoms with van der Waals surface area (Å²) < 4.78 is 0. The number of carbonyl (C=O) groups is 2. The van der Waals surface area contributed by atoms with Gasteiger partial charge in [0, 0.05) is 44.2 Å². The van der Waals surface area contributed by atoms with Crippen molar-refractivity contribution in [1.82, 2.24) is 14.9 Å². The number of benzene rings is 1. The molecule has 0 saturated heterocycles. The molecule has 30 heavy (non-hydrogen) atoms. The van der Waals surface area contributed by atoms with Crippen LogP contribution in [0.5, 0.6) is 0 Å². The van der Waals surface area contributed by atoms with E-state index in [1.165, 1.54) is 6.20 Å². The number of fused-ring (bicyclic) bond motifs is 1. The van der Waals surface area contributed by atoms with Crippen molar-refractivity contribution in [2.24, 2.45) is 0 Å². The summed E-state index contributed by atoms with van der Waals surface area (Å²) in [6, 6.07) is 9.12. The van der Waals surface area contributed by atoms with Crippen LogP contribution in [0.15, 0.2) is 48.9 Å². The largest absolute Gasteiger partial charge is 0.336 e. The van der Waals surface area contributed by atoms with Crippen LogP contribution < -0.4 is 5.32 Å². The average Bonchev–Trinajstić information content (AvgIpc) is 2.74. The molecule has 6 nitrogen and oxygen atoms in total. The summed E-state index contributed by atoms with van der Waals surface area (Å²) in [5.74, 6) is -0.292. The highest BCUT2D eigenvalue weighted by Crippen LogP contribution is 2.35. The highest BCUT2D eigenvalue weighted by Gasteiger charge is 2.20. The van der Waals surface area contributed by atoms with Crippen LogP contribution in [0, 0.1) is 0 Å². The SMILES string of the molecule is CN(Cc1cncc(-c2cc(Cl)c3c(c2)CCC(=O)N3)c1)C(=O)c1ncccc1Cl. The van der Waals surface area contributed by atoms with Gasteiger partial charge in [0.05, 0.1) is 15.7 Å². The van der Waals surface area contributed by atoms with Crippen molar-refractivity contribution < 1.29 is 9.59 Å². The Morgan fingerprint density at radius 2 is 1.97 bits per heavy atom. The van der Waals surface area contributed by atoms with Gasteiger partial charge in [-0.25, -0.2) is 4.98 Å². The monoisotopic (exact) mass is 440 g/mol. The quantitative estimate of drug-likeness (QED) is 0.642. The second-order valence-corrected chi connectivity index (χ2v) is 7.93. The molecule has 0 unspecified atom stereocenters. The van der Waals surface area contributed by atoms with E-state index in [2.05, 4.69) is 15.3 Å². The Morgan fingerprint density at radius 1 is 1.13 bits per heavy atom. The molecule has 8 heteroatoms. The Balaban J connectivity index is 1.58. The van der Waals surface area contributed by atoms with Gasteiger partial charge in [-0.05, 0) is 53.4 Å². The van der Waals surface area contributed by atoms with Gasteiger partial charge in [0.15, 0.2) is 0 Å². The first-order valence-corrected chi connectivity index (χ1v) is 10.1. The molecule has 2 aromatic heterocycles. The van der Waals surface area contributed by atoms with Crippen LogP contribution in [0.4, 0.5) is 5.69 Å². The minimum Gasteiger partial charge on any atom is -0.336 e. The lowest BCUT2D eigenvalue weighted by molar-refractivity contribution is -0.116. The van der Waals surface area contributed by atoms with E-state index in [1.54, 1.807) is 36.5 Å². The summed E-state index contributed by atoms with van der Waals surface area (Å²) in [6.07, 6.45) is 6.09. The van der Waals surface area contributed by atoms with Gasteiger partial charge in [-0.15, -0.1) is 0 Å². The number of hydrogen-bond acceptors (Lipinski definition) is 4. The number of nitrogens with one attached hydrogen (secondary N) is 1. The van der Waals surface area contributed by atoms with Crippen LogP contribution in [0.2, 0.25) is 10.0 Å². The number of aryl methyl sites for hydroxylation is 1. The summed E-state index contributed by atoms with van der Waals surface area (Å²) in [5.41, 5.74) is 4.54. The molecular weight excluding hydrogens is 423 g/mol. The maximum absolute atomic E-state index is 12.7. The number of halogens is 2. The van der Waals surface area contributed by atoms with Crippen LogP contribution in [0.1, 0.15) is 28.0 Å². The van der Waals surface area contributed by atoms with Gasteiger partial charge in [0.2, 0.25) is 5.91 Å². The van der Waals surface area contributed by atoms with Crippen LogP contribution >= 0.6 is 23.2 Å². The van der Waals surface area contributed by atoms with E-state index in [0.717, 1.165) is 22.3 Å². The van der Waals surface area contributed by atoms with Crippen molar-refractivity contribution in [3.8, 4) is 11.1 Å². The number of anilines is 1. The van der Waals surface area contributed by atoms with Crippen LogP contribution in [-0.4, -0.2) is 33.7 Å². The van der Waals surface area contributed by atoms with Crippen molar-refractivity contribution in [3.05, 3.63) is 75.8 Å². The van der Waals surface area contributed by atoms with E-state index in [0.29, 0.717) is 35.1 Å². The third-order valence-corrected chi connectivity index (χ3v) is 5.52. The lowest BCUT2D eigenvalue weighted by atomic mass is 9.97. The van der Waals surface area contributed by atoms with Crippen LogP contribution in [-0.2, 0) is 17.8 Å². The first-order valence-electron chi connectivity index (χ1n) is 9.35. The Labute approximate surface area is 183 Å². The smallest absolute Gasteiger partial charge is 0.274 e. The number of amides is 2. The standard InChI is InChI=1S/C22H18Cl2N4O2/c1-28(22(30)21-17(23)3-2-6-26-21)12-13-7-16(11-25-10-13)15-8-14-4-5-19(29)27-20(14)18(24)9-15/h2-3,6-11H,4-5,12H2,1H3,(H,27,29). The molecule has 3 heterocycles. The molecule has 1 aromatic carbocycles. The summed E-state index contributed by atoms with van der Waals surface area (Å²) in [6.45, 7) is 0.349. The highest BCUT2D eigenvalue weighted by molar-refractivity contribution is 6.34. The molecule has 0 bridgehead atoms. The molecule has 1 aliphatic heterocycles. The Kier molecular flexibility index (Phi) is 5.70. The lowest BCUT2D eigenvalue weighted by Crippen LogP contribution is -2.27. The molecule has 0 aliphatic carbocycles.